The van der Waals surface area contributed by atoms with Gasteiger partial charge < -0.3 is 5.11 Å². The molecule has 2 aromatic carbocycles. The molecule has 1 aromatic heterocycles. The van der Waals surface area contributed by atoms with Crippen LogP contribution in [0.25, 0.3) is 22.2 Å². The van der Waals surface area contributed by atoms with Gasteiger partial charge in [-0.05, 0) is 30.3 Å². The van der Waals surface area contributed by atoms with Crippen molar-refractivity contribution in [3.05, 3.63) is 52.5 Å². The highest BCUT2D eigenvalue weighted by molar-refractivity contribution is 9.10. The van der Waals surface area contributed by atoms with E-state index in [-0.39, 0.29) is 5.56 Å². The van der Waals surface area contributed by atoms with Crippen molar-refractivity contribution in [3.63, 3.8) is 0 Å². The number of rotatable bonds is 2. The molecule has 0 aliphatic carbocycles. The van der Waals surface area contributed by atoms with Gasteiger partial charge in [0, 0.05) is 15.4 Å². The Hall–Kier alpha value is -2.14. The molecule has 0 saturated carbocycles. The average Bonchev–Trinajstić information content (AvgIpc) is 2.82. The minimum absolute atomic E-state index is 0.249. The van der Waals surface area contributed by atoms with E-state index in [0.29, 0.717) is 0 Å². The van der Waals surface area contributed by atoms with Crippen molar-refractivity contribution in [1.29, 1.82) is 0 Å². The number of halogens is 1. The lowest BCUT2D eigenvalue weighted by molar-refractivity contribution is 0.0697. The molecular weight excluding hydrogens is 308 g/mol. The molecule has 19 heavy (non-hydrogen) atoms. The molecule has 0 unspecified atom stereocenters. The van der Waals surface area contributed by atoms with Crippen LogP contribution < -0.4 is 0 Å². The van der Waals surface area contributed by atoms with E-state index in [4.69, 9.17) is 5.11 Å². The summed E-state index contributed by atoms with van der Waals surface area (Å²) in [6, 6.07) is 12.8. The van der Waals surface area contributed by atoms with Crippen molar-refractivity contribution in [2.75, 3.05) is 0 Å². The largest absolute Gasteiger partial charge is 0.478 e. The number of hydrogen-bond donors (Lipinski definition) is 2. The number of benzene rings is 2. The Morgan fingerprint density at radius 3 is 2.58 bits per heavy atom. The van der Waals surface area contributed by atoms with E-state index in [1.54, 1.807) is 18.2 Å². The molecule has 0 saturated heterocycles. The summed E-state index contributed by atoms with van der Waals surface area (Å²) in [6.07, 6.45) is 0. The molecule has 2 N–H and O–H groups in total. The molecule has 4 nitrogen and oxygen atoms in total. The van der Waals surface area contributed by atoms with Gasteiger partial charge in [0.05, 0.1) is 16.8 Å². The van der Waals surface area contributed by atoms with Crippen LogP contribution in [-0.2, 0) is 0 Å². The zero-order chi connectivity index (χ0) is 13.4. The summed E-state index contributed by atoms with van der Waals surface area (Å²) >= 11 is 3.39. The van der Waals surface area contributed by atoms with Crippen molar-refractivity contribution in [1.82, 2.24) is 10.2 Å². The van der Waals surface area contributed by atoms with Crippen molar-refractivity contribution >= 4 is 32.8 Å². The van der Waals surface area contributed by atoms with E-state index in [0.717, 1.165) is 26.6 Å². The number of aromatic nitrogens is 2. The van der Waals surface area contributed by atoms with Gasteiger partial charge in [-0.15, -0.1) is 0 Å². The summed E-state index contributed by atoms with van der Waals surface area (Å²) < 4.78 is 1.00. The molecule has 0 radical (unpaired) electrons. The van der Waals surface area contributed by atoms with Crippen LogP contribution in [0.4, 0.5) is 0 Å². The first kappa shape index (κ1) is 11.9. The van der Waals surface area contributed by atoms with Gasteiger partial charge in [-0.2, -0.15) is 5.10 Å². The maximum atomic E-state index is 10.9. The number of H-pyrrole nitrogens is 1. The predicted octanol–water partition coefficient (Wildman–Crippen LogP) is 3.69. The van der Waals surface area contributed by atoms with Crippen molar-refractivity contribution < 1.29 is 9.90 Å². The van der Waals surface area contributed by atoms with E-state index in [1.807, 2.05) is 24.3 Å². The van der Waals surface area contributed by atoms with Gasteiger partial charge in [0.15, 0.2) is 0 Å². The number of fused-ring (bicyclic) bond motifs is 1. The summed E-state index contributed by atoms with van der Waals surface area (Å²) in [5, 5.41) is 17.0. The molecule has 0 fully saturated rings. The lowest BCUT2D eigenvalue weighted by atomic mass is 10.1. The highest BCUT2D eigenvalue weighted by Gasteiger charge is 2.10. The second-order valence-corrected chi connectivity index (χ2v) is 5.06. The number of carboxylic acid groups (broad SMARTS) is 1. The molecule has 0 amide bonds. The van der Waals surface area contributed by atoms with Crippen LogP contribution in [0.3, 0.4) is 0 Å². The monoisotopic (exact) mass is 316 g/mol. The number of nitrogens with zero attached hydrogens (tertiary/aromatic N) is 1. The van der Waals surface area contributed by atoms with E-state index >= 15 is 0 Å². The van der Waals surface area contributed by atoms with Crippen LogP contribution in [0.15, 0.2) is 46.9 Å². The molecule has 1 heterocycles. The molecule has 0 aliphatic heterocycles. The van der Waals surface area contributed by atoms with Gasteiger partial charge >= 0.3 is 5.97 Å². The SMILES string of the molecule is O=C(O)c1ccc2c(-c3ccc(Br)cc3)n[nH]c2c1. The Bertz CT molecular complexity index is 763. The molecule has 0 atom stereocenters. The number of aromatic amines is 1. The first-order valence-electron chi connectivity index (χ1n) is 5.62. The summed E-state index contributed by atoms with van der Waals surface area (Å²) in [6.45, 7) is 0. The van der Waals surface area contributed by atoms with Gasteiger partial charge in [0.2, 0.25) is 0 Å². The van der Waals surface area contributed by atoms with Crippen molar-refractivity contribution in [3.8, 4) is 11.3 Å². The standard InChI is InChI=1S/C14H9BrN2O2/c15-10-4-1-8(2-5-10)13-11-6-3-9(14(18)19)7-12(11)16-17-13/h1-7H,(H,16,17)(H,18,19). The van der Waals surface area contributed by atoms with Gasteiger partial charge in [-0.25, -0.2) is 4.79 Å². The number of aromatic carboxylic acids is 1. The summed E-state index contributed by atoms with van der Waals surface area (Å²) in [5.41, 5.74) is 2.77. The zero-order valence-electron chi connectivity index (χ0n) is 9.72. The van der Waals surface area contributed by atoms with E-state index in [1.165, 1.54) is 0 Å². The van der Waals surface area contributed by atoms with E-state index in [9.17, 15) is 4.79 Å². The Morgan fingerprint density at radius 1 is 1.16 bits per heavy atom. The fourth-order valence-electron chi connectivity index (χ4n) is 1.98. The van der Waals surface area contributed by atoms with Gasteiger partial charge in [-0.1, -0.05) is 28.1 Å². The number of nitrogens with one attached hydrogen (secondary N) is 1. The third-order valence-corrected chi connectivity index (χ3v) is 3.46. The maximum absolute atomic E-state index is 10.9. The molecule has 94 valence electrons. The average molecular weight is 317 g/mol. The molecule has 0 aliphatic rings. The Labute approximate surface area is 117 Å². The predicted molar refractivity (Wildman–Crippen MR) is 76.2 cm³/mol. The van der Waals surface area contributed by atoms with Gasteiger partial charge in [0.25, 0.3) is 0 Å². The van der Waals surface area contributed by atoms with Crippen LogP contribution in [0.2, 0.25) is 0 Å². The van der Waals surface area contributed by atoms with Crippen molar-refractivity contribution in [2.45, 2.75) is 0 Å². The zero-order valence-corrected chi connectivity index (χ0v) is 11.3. The Morgan fingerprint density at radius 2 is 1.89 bits per heavy atom. The second-order valence-electron chi connectivity index (χ2n) is 4.14. The van der Waals surface area contributed by atoms with Crippen LogP contribution in [-0.4, -0.2) is 21.3 Å². The smallest absolute Gasteiger partial charge is 0.335 e. The molecule has 3 rings (SSSR count). The van der Waals surface area contributed by atoms with Crippen LogP contribution in [0, 0.1) is 0 Å². The second kappa shape index (κ2) is 4.51. The molecule has 3 aromatic rings. The maximum Gasteiger partial charge on any atom is 0.335 e. The quantitative estimate of drug-likeness (QED) is 0.757. The van der Waals surface area contributed by atoms with Crippen LogP contribution in [0.1, 0.15) is 10.4 Å². The Balaban J connectivity index is 2.15. The van der Waals surface area contributed by atoms with Gasteiger partial charge in [-0.3, -0.25) is 5.10 Å². The van der Waals surface area contributed by atoms with E-state index < -0.39 is 5.97 Å². The lowest BCUT2D eigenvalue weighted by Gasteiger charge is -1.99. The molecular formula is C14H9BrN2O2. The highest BCUT2D eigenvalue weighted by atomic mass is 79.9. The number of carboxylic acids is 1. The minimum atomic E-state index is -0.943. The van der Waals surface area contributed by atoms with Crippen LogP contribution in [0.5, 0.6) is 0 Å². The van der Waals surface area contributed by atoms with Crippen LogP contribution >= 0.6 is 15.9 Å². The summed E-state index contributed by atoms with van der Waals surface area (Å²) in [5.74, 6) is -0.943. The Kier molecular flexibility index (Phi) is 2.83. The summed E-state index contributed by atoms with van der Waals surface area (Å²) in [4.78, 5) is 10.9. The normalized spacial score (nSPS) is 10.8. The first-order chi connectivity index (χ1) is 9.15. The number of hydrogen-bond acceptors (Lipinski definition) is 2. The molecule has 5 heteroatoms. The third kappa shape index (κ3) is 2.13. The molecule has 0 spiro atoms. The fraction of sp³-hybridized carbons (Fsp3) is 0. The first-order valence-corrected chi connectivity index (χ1v) is 6.42. The highest BCUT2D eigenvalue weighted by Crippen LogP contribution is 2.27. The van der Waals surface area contributed by atoms with Crippen molar-refractivity contribution in [2.24, 2.45) is 0 Å². The minimum Gasteiger partial charge on any atom is -0.478 e. The van der Waals surface area contributed by atoms with Gasteiger partial charge in [0.1, 0.15) is 0 Å². The fourth-order valence-corrected chi connectivity index (χ4v) is 2.24. The topological polar surface area (TPSA) is 66.0 Å². The third-order valence-electron chi connectivity index (χ3n) is 2.93. The number of carbonyl (C=O) groups is 1. The van der Waals surface area contributed by atoms with E-state index in [2.05, 4.69) is 26.1 Å². The lowest BCUT2D eigenvalue weighted by Crippen LogP contribution is -1.94. The summed E-state index contributed by atoms with van der Waals surface area (Å²) in [7, 11) is 0. The molecule has 0 bridgehead atoms.